The molecule has 0 saturated carbocycles. The van der Waals surface area contributed by atoms with Gasteiger partial charge in [0.1, 0.15) is 17.2 Å². The number of hydrogen-bond donors (Lipinski definition) is 1. The van der Waals surface area contributed by atoms with Gasteiger partial charge in [0.05, 0.1) is 39.3 Å². The van der Waals surface area contributed by atoms with Crippen LogP contribution in [0.4, 0.5) is 5.69 Å². The topological polar surface area (TPSA) is 87.5 Å². The highest BCUT2D eigenvalue weighted by Crippen LogP contribution is 2.29. The Kier molecular flexibility index (Phi) is 7.19. The highest BCUT2D eigenvalue weighted by molar-refractivity contribution is 6.05. The van der Waals surface area contributed by atoms with Gasteiger partial charge in [0.2, 0.25) is 0 Å². The van der Waals surface area contributed by atoms with Crippen LogP contribution in [-0.2, 0) is 6.54 Å². The third-order valence-electron chi connectivity index (χ3n) is 6.66. The van der Waals surface area contributed by atoms with Gasteiger partial charge in [0.25, 0.3) is 5.91 Å². The van der Waals surface area contributed by atoms with Crippen LogP contribution in [0.2, 0.25) is 0 Å². The molecule has 0 atom stereocenters. The maximum Gasteiger partial charge on any atom is 0.255 e. The Morgan fingerprint density at radius 1 is 0.821 bits per heavy atom. The highest BCUT2D eigenvalue weighted by atomic mass is 16.5. The molecular weight excluding hydrogens is 492 g/mol. The first kappa shape index (κ1) is 25.8. The number of carbonyl (C=O) groups is 1. The molecule has 5 aromatic rings. The molecule has 8 heteroatoms. The van der Waals surface area contributed by atoms with Gasteiger partial charge in [0.15, 0.2) is 5.65 Å². The largest absolute Gasteiger partial charge is 0.497 e. The first-order valence-electron chi connectivity index (χ1n) is 12.5. The summed E-state index contributed by atoms with van der Waals surface area (Å²) in [6.07, 6.45) is 0. The molecule has 2 heterocycles. The Morgan fingerprint density at radius 3 is 2.18 bits per heavy atom. The summed E-state index contributed by atoms with van der Waals surface area (Å²) in [4.78, 5) is 18.1. The van der Waals surface area contributed by atoms with Crippen molar-refractivity contribution in [2.24, 2.45) is 0 Å². The normalized spacial score (nSPS) is 10.9. The molecule has 0 saturated heterocycles. The molecule has 2 aromatic heterocycles. The van der Waals surface area contributed by atoms with Crippen molar-refractivity contribution < 1.29 is 19.0 Å². The fourth-order valence-corrected chi connectivity index (χ4v) is 4.49. The fourth-order valence-electron chi connectivity index (χ4n) is 4.49. The van der Waals surface area contributed by atoms with Crippen molar-refractivity contribution in [3.63, 3.8) is 0 Å². The zero-order valence-corrected chi connectivity index (χ0v) is 22.6. The molecule has 3 aromatic carbocycles. The molecule has 0 fully saturated rings. The van der Waals surface area contributed by atoms with Gasteiger partial charge in [-0.1, -0.05) is 18.2 Å². The number of benzene rings is 3. The molecule has 0 bridgehead atoms. The number of aromatic nitrogens is 3. The second-order valence-electron chi connectivity index (χ2n) is 9.24. The number of anilines is 1. The van der Waals surface area contributed by atoms with E-state index >= 15 is 0 Å². The highest BCUT2D eigenvalue weighted by Gasteiger charge is 2.15. The van der Waals surface area contributed by atoms with Gasteiger partial charge in [-0.3, -0.25) is 4.79 Å². The van der Waals surface area contributed by atoms with Crippen LogP contribution in [0.15, 0.2) is 72.8 Å². The van der Waals surface area contributed by atoms with Crippen LogP contribution < -0.4 is 19.5 Å². The van der Waals surface area contributed by atoms with Crippen molar-refractivity contribution in [1.29, 1.82) is 0 Å². The number of nitrogens with one attached hydrogen (secondary N) is 1. The molecule has 0 spiro atoms. The van der Waals surface area contributed by atoms with E-state index in [1.54, 1.807) is 39.5 Å². The number of hydrogen-bond acceptors (Lipinski definition) is 6. The minimum Gasteiger partial charge on any atom is -0.497 e. The molecule has 5 rings (SSSR count). The van der Waals surface area contributed by atoms with Gasteiger partial charge in [-0.15, -0.1) is 0 Å². The SMILES string of the molecule is COc1ccc(Cn2nc(C)c3ccc(-c4cc(NC(=O)c5cc(OC)cc(OC)c5)ccc4C)nc32)cc1. The van der Waals surface area contributed by atoms with E-state index in [1.807, 2.05) is 67.1 Å². The third-order valence-corrected chi connectivity index (χ3v) is 6.66. The summed E-state index contributed by atoms with van der Waals surface area (Å²) in [5.74, 6) is 1.64. The van der Waals surface area contributed by atoms with E-state index in [0.29, 0.717) is 29.3 Å². The predicted octanol–water partition coefficient (Wildman–Crippen LogP) is 6.04. The van der Waals surface area contributed by atoms with Crippen molar-refractivity contribution >= 4 is 22.6 Å². The lowest BCUT2D eigenvalue weighted by atomic mass is 10.0. The second-order valence-corrected chi connectivity index (χ2v) is 9.24. The van der Waals surface area contributed by atoms with E-state index in [-0.39, 0.29) is 5.91 Å². The number of pyridine rings is 1. The first-order valence-corrected chi connectivity index (χ1v) is 12.5. The molecule has 0 aliphatic carbocycles. The number of rotatable bonds is 8. The number of carbonyl (C=O) groups excluding carboxylic acids is 1. The summed E-state index contributed by atoms with van der Waals surface area (Å²) in [5.41, 5.74) is 6.69. The Balaban J connectivity index is 1.46. The molecule has 0 aliphatic heterocycles. The van der Waals surface area contributed by atoms with Crippen LogP contribution >= 0.6 is 0 Å². The van der Waals surface area contributed by atoms with Crippen LogP contribution in [-0.4, -0.2) is 42.0 Å². The maximum atomic E-state index is 13.1. The molecule has 1 amide bonds. The van der Waals surface area contributed by atoms with E-state index in [1.165, 1.54) is 0 Å². The zero-order chi connectivity index (χ0) is 27.5. The summed E-state index contributed by atoms with van der Waals surface area (Å²) in [5, 5.41) is 8.74. The Morgan fingerprint density at radius 2 is 1.51 bits per heavy atom. The second kappa shape index (κ2) is 10.9. The molecule has 0 aliphatic rings. The van der Waals surface area contributed by atoms with Crippen molar-refractivity contribution in [2.45, 2.75) is 20.4 Å². The quantitative estimate of drug-likeness (QED) is 0.267. The minimum atomic E-state index is -0.265. The number of aryl methyl sites for hydroxylation is 2. The summed E-state index contributed by atoms with van der Waals surface area (Å²) in [6, 6.07) is 22.9. The van der Waals surface area contributed by atoms with E-state index in [4.69, 9.17) is 24.3 Å². The third kappa shape index (κ3) is 5.40. The van der Waals surface area contributed by atoms with Gasteiger partial charge >= 0.3 is 0 Å². The average Bonchev–Trinajstić information content (AvgIpc) is 3.27. The van der Waals surface area contributed by atoms with Crippen LogP contribution in [0.5, 0.6) is 17.2 Å². The Bertz CT molecular complexity index is 1640. The van der Waals surface area contributed by atoms with Crippen molar-refractivity contribution in [3.8, 4) is 28.5 Å². The number of methoxy groups -OCH3 is 3. The number of fused-ring (bicyclic) bond motifs is 1. The molecule has 0 unspecified atom stereocenters. The van der Waals surface area contributed by atoms with Crippen molar-refractivity contribution in [2.75, 3.05) is 26.6 Å². The number of ether oxygens (including phenoxy) is 3. The van der Waals surface area contributed by atoms with Gasteiger partial charge in [0, 0.05) is 28.3 Å². The Labute approximate surface area is 227 Å². The molecular formula is C31H30N4O4. The van der Waals surface area contributed by atoms with E-state index in [0.717, 1.165) is 44.9 Å². The van der Waals surface area contributed by atoms with Crippen LogP contribution in [0.25, 0.3) is 22.3 Å². The predicted molar refractivity (Wildman–Crippen MR) is 152 cm³/mol. The van der Waals surface area contributed by atoms with Gasteiger partial charge < -0.3 is 19.5 Å². The smallest absolute Gasteiger partial charge is 0.255 e. The summed E-state index contributed by atoms with van der Waals surface area (Å²) in [6.45, 7) is 4.60. The summed E-state index contributed by atoms with van der Waals surface area (Å²) >= 11 is 0. The van der Waals surface area contributed by atoms with Gasteiger partial charge in [-0.05, 0) is 73.5 Å². The van der Waals surface area contributed by atoms with Crippen LogP contribution in [0, 0.1) is 13.8 Å². The minimum absolute atomic E-state index is 0.265. The molecule has 8 nitrogen and oxygen atoms in total. The molecule has 198 valence electrons. The first-order chi connectivity index (χ1) is 18.9. The van der Waals surface area contributed by atoms with E-state index in [9.17, 15) is 4.79 Å². The number of nitrogens with zero attached hydrogens (tertiary/aromatic N) is 3. The summed E-state index contributed by atoms with van der Waals surface area (Å²) in [7, 11) is 4.76. The lowest BCUT2D eigenvalue weighted by molar-refractivity contribution is 0.102. The number of amides is 1. The van der Waals surface area contributed by atoms with E-state index in [2.05, 4.69) is 11.4 Å². The van der Waals surface area contributed by atoms with Gasteiger partial charge in [-0.2, -0.15) is 5.10 Å². The molecule has 1 N–H and O–H groups in total. The van der Waals surface area contributed by atoms with Crippen molar-refractivity contribution in [3.05, 3.63) is 95.2 Å². The average molecular weight is 523 g/mol. The standard InChI is InChI=1S/C31H30N4O4/c1-19-6-9-23(32-31(36)22-14-25(38-4)17-26(15-22)39-5)16-28(19)29-13-12-27-20(2)34-35(30(27)33-29)18-21-7-10-24(37-3)11-8-21/h6-17H,18H2,1-5H3,(H,32,36). The lowest BCUT2D eigenvalue weighted by Gasteiger charge is -2.12. The van der Waals surface area contributed by atoms with Gasteiger partial charge in [-0.25, -0.2) is 9.67 Å². The lowest BCUT2D eigenvalue weighted by Crippen LogP contribution is -2.12. The van der Waals surface area contributed by atoms with Crippen molar-refractivity contribution in [1.82, 2.24) is 14.8 Å². The fraction of sp³-hybridized carbons (Fsp3) is 0.194. The van der Waals surface area contributed by atoms with Crippen LogP contribution in [0.3, 0.4) is 0 Å². The zero-order valence-electron chi connectivity index (χ0n) is 22.6. The Hall–Kier alpha value is -4.85. The summed E-state index contributed by atoms with van der Waals surface area (Å²) < 4.78 is 17.8. The monoisotopic (exact) mass is 522 g/mol. The van der Waals surface area contributed by atoms with Crippen LogP contribution in [0.1, 0.15) is 27.2 Å². The maximum absolute atomic E-state index is 13.1. The van der Waals surface area contributed by atoms with E-state index < -0.39 is 0 Å². The molecule has 0 radical (unpaired) electrons. The molecule has 39 heavy (non-hydrogen) atoms.